The molecule has 0 bridgehead atoms. The van der Waals surface area contributed by atoms with E-state index in [9.17, 15) is 14.7 Å². The zero-order valence-corrected chi connectivity index (χ0v) is 7.24. The van der Waals surface area contributed by atoms with Gasteiger partial charge in [-0.2, -0.15) is 0 Å². The summed E-state index contributed by atoms with van der Waals surface area (Å²) in [5.41, 5.74) is -0.190. The van der Waals surface area contributed by atoms with Gasteiger partial charge in [0.1, 0.15) is 11.4 Å². The van der Waals surface area contributed by atoms with Crippen LogP contribution in [0.25, 0.3) is 0 Å². The summed E-state index contributed by atoms with van der Waals surface area (Å²) < 4.78 is 0.762. The van der Waals surface area contributed by atoms with Crippen LogP contribution in [0, 0.1) is 0 Å². The van der Waals surface area contributed by atoms with Gasteiger partial charge in [-0.05, 0) is 0 Å². The van der Waals surface area contributed by atoms with Gasteiger partial charge in [-0.15, -0.1) is 0 Å². The lowest BCUT2D eigenvalue weighted by Gasteiger charge is -2.02. The molecule has 5 nitrogen and oxygen atoms in total. The second kappa shape index (κ2) is 2.93. The number of ketones is 1. The van der Waals surface area contributed by atoms with Gasteiger partial charge in [0, 0.05) is 19.9 Å². The van der Waals surface area contributed by atoms with E-state index in [1.165, 1.54) is 13.8 Å². The Morgan fingerprint density at radius 3 is 2.15 bits per heavy atom. The molecule has 13 heavy (non-hydrogen) atoms. The highest BCUT2D eigenvalue weighted by Gasteiger charge is 2.20. The molecule has 0 fully saturated rings. The molecule has 0 radical (unpaired) electrons. The third-order valence-corrected chi connectivity index (χ3v) is 1.61. The molecule has 0 aliphatic heterocycles. The molecule has 0 unspecified atom stereocenters. The largest absolute Gasteiger partial charge is 0.505 e. The second-order valence-electron chi connectivity index (χ2n) is 2.65. The molecule has 0 spiro atoms. The van der Waals surface area contributed by atoms with E-state index in [1.54, 1.807) is 0 Å². The molecular weight excluding hydrogens is 174 g/mol. The summed E-state index contributed by atoms with van der Waals surface area (Å²) in [7, 11) is 0. The molecule has 0 aliphatic rings. The number of hydrogen-bond acceptors (Lipinski definition) is 4. The molecule has 0 aliphatic carbocycles. The van der Waals surface area contributed by atoms with Crippen molar-refractivity contribution in [2.24, 2.45) is 0 Å². The molecule has 0 saturated heterocycles. The van der Waals surface area contributed by atoms with Crippen LogP contribution in [0.1, 0.15) is 29.1 Å². The Morgan fingerprint density at radius 1 is 1.31 bits per heavy atom. The Labute approximate surface area is 74.2 Å². The standard InChI is InChI=1S/C8H9NO4/c1-4(10)8-6(12)3-7(13)9(8)5(2)11/h3,12-13H,1-2H3. The Morgan fingerprint density at radius 2 is 1.85 bits per heavy atom. The predicted molar refractivity (Wildman–Crippen MR) is 44.1 cm³/mol. The zero-order chi connectivity index (χ0) is 10.2. The van der Waals surface area contributed by atoms with Gasteiger partial charge < -0.3 is 10.2 Å². The summed E-state index contributed by atoms with van der Waals surface area (Å²) in [6.07, 6.45) is 0. The fourth-order valence-corrected chi connectivity index (χ4v) is 1.14. The Balaban J connectivity index is 3.47. The number of aromatic hydroxyl groups is 2. The average molecular weight is 183 g/mol. The van der Waals surface area contributed by atoms with E-state index in [0.717, 1.165) is 10.6 Å². The lowest BCUT2D eigenvalue weighted by molar-refractivity contribution is 0.0898. The van der Waals surface area contributed by atoms with Crippen molar-refractivity contribution in [3.8, 4) is 11.6 Å². The predicted octanol–water partition coefficient (Wildman–Crippen LogP) is 0.762. The van der Waals surface area contributed by atoms with Gasteiger partial charge in [0.25, 0.3) is 0 Å². The van der Waals surface area contributed by atoms with Crippen LogP contribution >= 0.6 is 0 Å². The van der Waals surface area contributed by atoms with Crippen molar-refractivity contribution < 1.29 is 19.8 Å². The van der Waals surface area contributed by atoms with Gasteiger partial charge in [0.05, 0.1) is 0 Å². The Hall–Kier alpha value is -1.78. The monoisotopic (exact) mass is 183 g/mol. The minimum Gasteiger partial charge on any atom is -0.505 e. The lowest BCUT2D eigenvalue weighted by atomic mass is 10.3. The Bertz CT molecular complexity index is 343. The van der Waals surface area contributed by atoms with Gasteiger partial charge in [-0.3, -0.25) is 9.59 Å². The summed E-state index contributed by atoms with van der Waals surface area (Å²) >= 11 is 0. The highest BCUT2D eigenvalue weighted by molar-refractivity contribution is 6.00. The highest BCUT2D eigenvalue weighted by Crippen LogP contribution is 2.27. The molecule has 70 valence electrons. The quantitative estimate of drug-likeness (QED) is 0.630. The normalized spacial score (nSPS) is 10.0. The Kier molecular flexibility index (Phi) is 2.10. The molecule has 1 heterocycles. The van der Waals surface area contributed by atoms with Crippen LogP contribution in [0.2, 0.25) is 0 Å². The van der Waals surface area contributed by atoms with Gasteiger partial charge in [-0.1, -0.05) is 0 Å². The number of carbonyl (C=O) groups excluding carboxylic acids is 2. The van der Waals surface area contributed by atoms with Crippen LogP contribution in [0.3, 0.4) is 0 Å². The lowest BCUT2D eigenvalue weighted by Crippen LogP contribution is -2.11. The van der Waals surface area contributed by atoms with E-state index in [0.29, 0.717) is 0 Å². The molecule has 5 heteroatoms. The summed E-state index contributed by atoms with van der Waals surface area (Å²) in [5, 5.41) is 18.3. The van der Waals surface area contributed by atoms with Crippen molar-refractivity contribution in [2.45, 2.75) is 13.8 Å². The topological polar surface area (TPSA) is 79.5 Å². The molecular formula is C8H9NO4. The SMILES string of the molecule is CC(=O)c1c(O)cc(O)n1C(C)=O. The van der Waals surface area contributed by atoms with E-state index in [-0.39, 0.29) is 11.4 Å². The van der Waals surface area contributed by atoms with Crippen LogP contribution in [-0.2, 0) is 0 Å². The molecule has 2 N–H and O–H groups in total. The van der Waals surface area contributed by atoms with Crippen LogP contribution in [0.15, 0.2) is 6.07 Å². The fraction of sp³-hybridized carbons (Fsp3) is 0.250. The van der Waals surface area contributed by atoms with E-state index < -0.39 is 17.6 Å². The first-order valence-corrected chi connectivity index (χ1v) is 3.60. The maximum atomic E-state index is 11.0. The number of nitrogens with zero attached hydrogens (tertiary/aromatic N) is 1. The zero-order valence-electron chi connectivity index (χ0n) is 7.24. The van der Waals surface area contributed by atoms with Crippen molar-refractivity contribution in [1.82, 2.24) is 4.57 Å². The van der Waals surface area contributed by atoms with Crippen molar-refractivity contribution in [1.29, 1.82) is 0 Å². The summed E-state index contributed by atoms with van der Waals surface area (Å²) in [6.45, 7) is 2.39. The van der Waals surface area contributed by atoms with E-state index in [1.807, 2.05) is 0 Å². The van der Waals surface area contributed by atoms with Crippen LogP contribution < -0.4 is 0 Å². The molecule has 0 saturated carbocycles. The minimum atomic E-state index is -0.525. The maximum absolute atomic E-state index is 11.0. The first-order valence-electron chi connectivity index (χ1n) is 3.60. The van der Waals surface area contributed by atoms with Gasteiger partial charge in [-0.25, -0.2) is 4.57 Å². The highest BCUT2D eigenvalue weighted by atomic mass is 16.3. The molecule has 0 atom stereocenters. The fourth-order valence-electron chi connectivity index (χ4n) is 1.14. The number of rotatable bonds is 1. The van der Waals surface area contributed by atoms with Gasteiger partial charge >= 0.3 is 0 Å². The van der Waals surface area contributed by atoms with E-state index in [2.05, 4.69) is 0 Å². The maximum Gasteiger partial charge on any atom is 0.231 e. The number of aromatic nitrogens is 1. The second-order valence-corrected chi connectivity index (χ2v) is 2.65. The van der Waals surface area contributed by atoms with E-state index in [4.69, 9.17) is 5.11 Å². The van der Waals surface area contributed by atoms with Gasteiger partial charge in [0.2, 0.25) is 11.8 Å². The summed E-state index contributed by atoms with van der Waals surface area (Å²) in [6, 6.07) is 0.956. The third kappa shape index (κ3) is 1.40. The third-order valence-electron chi connectivity index (χ3n) is 1.61. The van der Waals surface area contributed by atoms with Crippen molar-refractivity contribution in [3.05, 3.63) is 11.8 Å². The molecule has 1 aromatic rings. The van der Waals surface area contributed by atoms with Crippen LogP contribution in [-0.4, -0.2) is 26.5 Å². The number of hydrogen-bond donors (Lipinski definition) is 2. The molecule has 0 aromatic carbocycles. The van der Waals surface area contributed by atoms with Crippen molar-refractivity contribution in [2.75, 3.05) is 0 Å². The molecule has 0 amide bonds. The van der Waals surface area contributed by atoms with E-state index >= 15 is 0 Å². The van der Waals surface area contributed by atoms with Gasteiger partial charge in [0.15, 0.2) is 5.78 Å². The number of Topliss-reactive ketones (excluding diaryl/α,β-unsaturated/α-hetero) is 1. The average Bonchev–Trinajstić information content (AvgIpc) is 2.24. The first-order chi connectivity index (χ1) is 5.95. The number of carbonyl (C=O) groups is 2. The van der Waals surface area contributed by atoms with Crippen molar-refractivity contribution >= 4 is 11.7 Å². The molecule has 1 aromatic heterocycles. The molecule has 1 rings (SSSR count). The van der Waals surface area contributed by atoms with Crippen molar-refractivity contribution in [3.63, 3.8) is 0 Å². The summed E-state index contributed by atoms with van der Waals surface area (Å²) in [5.74, 6) is -1.83. The van der Waals surface area contributed by atoms with Crippen LogP contribution in [0.5, 0.6) is 11.6 Å². The summed E-state index contributed by atoms with van der Waals surface area (Å²) in [4.78, 5) is 21.9. The van der Waals surface area contributed by atoms with Crippen LogP contribution in [0.4, 0.5) is 0 Å². The minimum absolute atomic E-state index is 0.190. The smallest absolute Gasteiger partial charge is 0.231 e. The first kappa shape index (κ1) is 9.31.